The minimum atomic E-state index is -1.20. The van der Waals surface area contributed by atoms with Gasteiger partial charge in [-0.1, -0.05) is 15.9 Å². The zero-order valence-corrected chi connectivity index (χ0v) is 11.5. The number of aliphatic hydroxyl groups excluding tert-OH is 1. The highest BCUT2D eigenvalue weighted by atomic mass is 79.9. The first-order valence-corrected chi connectivity index (χ1v) is 6.16. The normalized spacial score (nSPS) is 16.6. The zero-order chi connectivity index (χ0) is 13.1. The van der Waals surface area contributed by atoms with E-state index in [1.165, 1.54) is 13.0 Å². The zero-order valence-electron chi connectivity index (χ0n) is 9.87. The molecule has 0 bridgehead atoms. The van der Waals surface area contributed by atoms with Crippen molar-refractivity contribution in [2.75, 3.05) is 13.2 Å². The summed E-state index contributed by atoms with van der Waals surface area (Å²) in [5.41, 5.74) is -0.676. The van der Waals surface area contributed by atoms with E-state index in [1.54, 1.807) is 19.1 Å². The number of rotatable bonds is 5. The van der Waals surface area contributed by atoms with Crippen molar-refractivity contribution in [3.05, 3.63) is 34.1 Å². The summed E-state index contributed by atoms with van der Waals surface area (Å²) in [4.78, 5) is 0. The molecule has 0 aliphatic carbocycles. The second kappa shape index (κ2) is 5.91. The van der Waals surface area contributed by atoms with Gasteiger partial charge in [-0.25, -0.2) is 4.39 Å². The molecule has 0 radical (unpaired) electrons. The van der Waals surface area contributed by atoms with Crippen LogP contribution in [0.15, 0.2) is 22.7 Å². The lowest BCUT2D eigenvalue weighted by molar-refractivity contribution is 0.000989. The maximum atomic E-state index is 13.5. The number of hydrogen-bond acceptors (Lipinski definition) is 3. The van der Waals surface area contributed by atoms with Crippen molar-refractivity contribution >= 4 is 15.9 Å². The molecule has 0 fully saturated rings. The van der Waals surface area contributed by atoms with E-state index in [4.69, 9.17) is 5.11 Å². The van der Waals surface area contributed by atoms with Crippen LogP contribution in [-0.2, 0) is 0 Å². The Balaban J connectivity index is 2.70. The Morgan fingerprint density at radius 2 is 2.18 bits per heavy atom. The Morgan fingerprint density at radius 1 is 1.53 bits per heavy atom. The van der Waals surface area contributed by atoms with Crippen LogP contribution in [0.5, 0.6) is 0 Å². The highest BCUT2D eigenvalue weighted by Crippen LogP contribution is 2.21. The second-order valence-electron chi connectivity index (χ2n) is 4.42. The summed E-state index contributed by atoms with van der Waals surface area (Å²) in [6.07, 6.45) is 0. The fourth-order valence-corrected chi connectivity index (χ4v) is 1.76. The number of nitrogens with one attached hydrogen (secondary N) is 1. The number of halogens is 2. The second-order valence-corrected chi connectivity index (χ2v) is 5.34. The standard InChI is InChI=1S/C12H17BrFNO2/c1-8(15-6-12(2,17)7-16)10-5-9(13)3-4-11(10)14/h3-5,8,15-17H,6-7H2,1-2H3. The molecule has 0 aliphatic rings. The van der Waals surface area contributed by atoms with E-state index >= 15 is 0 Å². The third-order valence-electron chi connectivity index (χ3n) is 2.55. The average molecular weight is 306 g/mol. The average Bonchev–Trinajstić information content (AvgIpc) is 2.29. The van der Waals surface area contributed by atoms with Crippen LogP contribution in [0.1, 0.15) is 25.5 Å². The molecule has 17 heavy (non-hydrogen) atoms. The molecule has 0 saturated carbocycles. The van der Waals surface area contributed by atoms with Crippen molar-refractivity contribution in [3.63, 3.8) is 0 Å². The van der Waals surface area contributed by atoms with E-state index in [0.29, 0.717) is 5.56 Å². The molecule has 2 atom stereocenters. The van der Waals surface area contributed by atoms with Crippen LogP contribution in [0.25, 0.3) is 0 Å². The van der Waals surface area contributed by atoms with Gasteiger partial charge in [-0.15, -0.1) is 0 Å². The van der Waals surface area contributed by atoms with Gasteiger partial charge in [-0.2, -0.15) is 0 Å². The number of aliphatic hydroxyl groups is 2. The summed E-state index contributed by atoms with van der Waals surface area (Å²) in [7, 11) is 0. The summed E-state index contributed by atoms with van der Waals surface area (Å²) in [5.74, 6) is -0.295. The van der Waals surface area contributed by atoms with E-state index in [0.717, 1.165) is 4.47 Å². The summed E-state index contributed by atoms with van der Waals surface area (Å²) in [6, 6.07) is 4.48. The van der Waals surface area contributed by atoms with Crippen molar-refractivity contribution in [3.8, 4) is 0 Å². The van der Waals surface area contributed by atoms with Crippen LogP contribution < -0.4 is 5.32 Å². The van der Waals surface area contributed by atoms with Gasteiger partial charge in [0.2, 0.25) is 0 Å². The van der Waals surface area contributed by atoms with Crippen LogP contribution in [-0.4, -0.2) is 29.0 Å². The van der Waals surface area contributed by atoms with Crippen molar-refractivity contribution in [2.45, 2.75) is 25.5 Å². The lowest BCUT2D eigenvalue weighted by Gasteiger charge is -2.24. The van der Waals surface area contributed by atoms with Crippen LogP contribution in [0, 0.1) is 5.82 Å². The first kappa shape index (κ1) is 14.6. The molecule has 0 aromatic heterocycles. The third-order valence-corrected chi connectivity index (χ3v) is 3.05. The maximum absolute atomic E-state index is 13.5. The Morgan fingerprint density at radius 3 is 2.76 bits per heavy atom. The molecule has 1 aromatic carbocycles. The Kier molecular flexibility index (Phi) is 5.06. The largest absolute Gasteiger partial charge is 0.393 e. The minimum absolute atomic E-state index is 0.191. The molecular formula is C12H17BrFNO2. The molecule has 1 aromatic rings. The van der Waals surface area contributed by atoms with Crippen LogP contribution in [0.2, 0.25) is 0 Å². The summed E-state index contributed by atoms with van der Waals surface area (Å²) >= 11 is 3.29. The van der Waals surface area contributed by atoms with Crippen LogP contribution in [0.3, 0.4) is 0 Å². The monoisotopic (exact) mass is 305 g/mol. The molecular weight excluding hydrogens is 289 g/mol. The smallest absolute Gasteiger partial charge is 0.128 e. The van der Waals surface area contributed by atoms with Gasteiger partial charge in [0.1, 0.15) is 5.82 Å². The van der Waals surface area contributed by atoms with E-state index in [-0.39, 0.29) is 25.0 Å². The Labute approximate surface area is 109 Å². The minimum Gasteiger partial charge on any atom is -0.393 e. The summed E-state index contributed by atoms with van der Waals surface area (Å²) in [5, 5.41) is 21.5. The van der Waals surface area contributed by atoms with E-state index < -0.39 is 5.60 Å². The fraction of sp³-hybridized carbons (Fsp3) is 0.500. The predicted octanol–water partition coefficient (Wildman–Crippen LogP) is 1.98. The van der Waals surface area contributed by atoms with Crippen LogP contribution in [0.4, 0.5) is 4.39 Å². The van der Waals surface area contributed by atoms with Crippen molar-refractivity contribution in [1.29, 1.82) is 0 Å². The van der Waals surface area contributed by atoms with Crippen molar-refractivity contribution < 1.29 is 14.6 Å². The first-order chi connectivity index (χ1) is 7.85. The lowest BCUT2D eigenvalue weighted by atomic mass is 10.1. The predicted molar refractivity (Wildman–Crippen MR) is 68.2 cm³/mol. The quantitative estimate of drug-likeness (QED) is 0.780. The molecule has 0 spiro atoms. The highest BCUT2D eigenvalue weighted by molar-refractivity contribution is 9.10. The number of benzene rings is 1. The van der Waals surface area contributed by atoms with E-state index in [9.17, 15) is 9.50 Å². The molecule has 0 heterocycles. The fourth-order valence-electron chi connectivity index (χ4n) is 1.39. The Bertz CT molecular complexity index is 385. The molecule has 0 amide bonds. The SMILES string of the molecule is CC(NCC(C)(O)CO)c1cc(Br)ccc1F. The van der Waals surface area contributed by atoms with Gasteiger partial charge in [0, 0.05) is 22.6 Å². The van der Waals surface area contributed by atoms with Crippen molar-refractivity contribution in [2.24, 2.45) is 0 Å². The van der Waals surface area contributed by atoms with Gasteiger partial charge in [-0.05, 0) is 32.0 Å². The molecule has 0 aliphatic heterocycles. The van der Waals surface area contributed by atoms with Crippen molar-refractivity contribution in [1.82, 2.24) is 5.32 Å². The summed E-state index contributed by atoms with van der Waals surface area (Å²) < 4.78 is 14.4. The van der Waals surface area contributed by atoms with Crippen LogP contribution >= 0.6 is 15.9 Å². The van der Waals surface area contributed by atoms with Gasteiger partial charge in [0.25, 0.3) is 0 Å². The van der Waals surface area contributed by atoms with Gasteiger partial charge >= 0.3 is 0 Å². The molecule has 96 valence electrons. The van der Waals surface area contributed by atoms with Gasteiger partial charge in [0.05, 0.1) is 12.2 Å². The molecule has 5 heteroatoms. The molecule has 3 N–H and O–H groups in total. The van der Waals surface area contributed by atoms with Gasteiger partial charge < -0.3 is 15.5 Å². The molecule has 3 nitrogen and oxygen atoms in total. The van der Waals surface area contributed by atoms with E-state index in [2.05, 4.69) is 21.2 Å². The molecule has 2 unspecified atom stereocenters. The Hall–Kier alpha value is -0.490. The van der Waals surface area contributed by atoms with Gasteiger partial charge in [0.15, 0.2) is 0 Å². The highest BCUT2D eigenvalue weighted by Gasteiger charge is 2.20. The van der Waals surface area contributed by atoms with Gasteiger partial charge in [-0.3, -0.25) is 0 Å². The first-order valence-electron chi connectivity index (χ1n) is 5.37. The lowest BCUT2D eigenvalue weighted by Crippen LogP contribution is -2.41. The molecule has 1 rings (SSSR count). The number of hydrogen-bond donors (Lipinski definition) is 3. The third kappa shape index (κ3) is 4.35. The molecule has 0 saturated heterocycles. The topological polar surface area (TPSA) is 52.5 Å². The van der Waals surface area contributed by atoms with E-state index in [1.807, 2.05) is 0 Å². The summed E-state index contributed by atoms with van der Waals surface area (Å²) in [6.45, 7) is 3.17. The maximum Gasteiger partial charge on any atom is 0.128 e.